The fourth-order valence-corrected chi connectivity index (χ4v) is 11.5. The van der Waals surface area contributed by atoms with Crippen LogP contribution in [0.3, 0.4) is 0 Å². The summed E-state index contributed by atoms with van der Waals surface area (Å²) < 4.78 is 1.48. The fourth-order valence-electron chi connectivity index (χ4n) is 6.02. The van der Waals surface area contributed by atoms with Crippen LogP contribution in [0.1, 0.15) is 48.9 Å². The van der Waals surface area contributed by atoms with E-state index in [4.69, 9.17) is 0 Å². The van der Waals surface area contributed by atoms with Gasteiger partial charge in [0.1, 0.15) is 0 Å². The number of halogens is 1. The molecule has 3 aromatic rings. The third kappa shape index (κ3) is 3.09. The molecular formula is C28H30BrPS. The molecule has 2 aliphatic carbocycles. The van der Waals surface area contributed by atoms with Crippen molar-refractivity contribution in [3.05, 3.63) is 80.5 Å². The fraction of sp³-hybridized carbons (Fsp3) is 0.357. The molecular weight excluding hydrogens is 479 g/mol. The van der Waals surface area contributed by atoms with Gasteiger partial charge < -0.3 is 0 Å². The minimum absolute atomic E-state index is 0.220. The zero-order valence-corrected chi connectivity index (χ0v) is 22.3. The van der Waals surface area contributed by atoms with E-state index in [2.05, 4.69) is 111 Å². The van der Waals surface area contributed by atoms with Crippen molar-refractivity contribution >= 4 is 56.7 Å². The van der Waals surface area contributed by atoms with Gasteiger partial charge in [-0.1, -0.05) is 97.4 Å². The first-order chi connectivity index (χ1) is 14.8. The molecule has 2 bridgehead atoms. The van der Waals surface area contributed by atoms with Crippen molar-refractivity contribution < 1.29 is 0 Å². The van der Waals surface area contributed by atoms with Crippen LogP contribution in [0.2, 0.25) is 0 Å². The van der Waals surface area contributed by atoms with Crippen LogP contribution in [0.4, 0.5) is 0 Å². The molecule has 0 radical (unpaired) electrons. The topological polar surface area (TPSA) is 0 Å². The largest absolute Gasteiger partial charge is 0.145 e. The van der Waals surface area contributed by atoms with E-state index in [0.29, 0.717) is 11.3 Å². The summed E-state index contributed by atoms with van der Waals surface area (Å²) in [6, 6.07) is 22.3. The normalized spacial score (nSPS) is 24.4. The summed E-state index contributed by atoms with van der Waals surface area (Å²) in [6.07, 6.45) is 2.59. The molecule has 160 valence electrons. The molecule has 0 nitrogen and oxygen atoms in total. The lowest BCUT2D eigenvalue weighted by Crippen LogP contribution is -2.31. The maximum Gasteiger partial charge on any atom is 0.0107 e. The zero-order chi connectivity index (χ0) is 22.0. The molecule has 31 heavy (non-hydrogen) atoms. The minimum atomic E-state index is -0.609. The number of thiophene rings is 1. The highest BCUT2D eigenvalue weighted by atomic mass is 79.9. The summed E-state index contributed by atoms with van der Waals surface area (Å²) in [5, 5.41) is 4.46. The second-order valence-electron chi connectivity index (χ2n) is 9.81. The molecule has 0 saturated heterocycles. The number of fused-ring (bicyclic) bond motifs is 2. The van der Waals surface area contributed by atoms with Gasteiger partial charge in [0.05, 0.1) is 0 Å². The smallest absolute Gasteiger partial charge is 0.0107 e. The molecule has 1 saturated carbocycles. The highest BCUT2D eigenvalue weighted by Gasteiger charge is 2.61. The molecule has 0 spiro atoms. The molecule has 1 unspecified atom stereocenters. The maximum absolute atomic E-state index is 4.14. The Morgan fingerprint density at radius 1 is 0.871 bits per heavy atom. The van der Waals surface area contributed by atoms with E-state index in [1.807, 2.05) is 11.3 Å². The first kappa shape index (κ1) is 21.6. The van der Waals surface area contributed by atoms with Gasteiger partial charge in [0.25, 0.3) is 0 Å². The number of allylic oxidation sites excluding steroid dienone is 2. The molecule has 2 aliphatic rings. The van der Waals surface area contributed by atoms with Crippen LogP contribution in [0.5, 0.6) is 0 Å². The number of rotatable bonds is 4. The first-order valence-corrected chi connectivity index (χ1v) is 14.1. The Hall–Kier alpha value is -1.21. The van der Waals surface area contributed by atoms with Crippen molar-refractivity contribution in [2.45, 2.75) is 47.5 Å². The Bertz CT molecular complexity index is 1120. The minimum Gasteiger partial charge on any atom is -0.145 e. The predicted molar refractivity (Wildman–Crippen MR) is 143 cm³/mol. The van der Waals surface area contributed by atoms with Crippen molar-refractivity contribution in [2.75, 3.05) is 0 Å². The van der Waals surface area contributed by atoms with Crippen molar-refractivity contribution in [1.29, 1.82) is 0 Å². The summed E-state index contributed by atoms with van der Waals surface area (Å²) in [7, 11) is -0.609. The maximum atomic E-state index is 4.14. The average Bonchev–Trinajstić information content (AvgIpc) is 3.21. The Labute approximate surface area is 200 Å². The summed E-state index contributed by atoms with van der Waals surface area (Å²) in [6.45, 7) is 12.2. The van der Waals surface area contributed by atoms with Crippen LogP contribution in [0.15, 0.2) is 65.1 Å². The second-order valence-corrected chi connectivity index (χ2v) is 14.2. The van der Waals surface area contributed by atoms with E-state index in [1.54, 1.807) is 16.4 Å². The van der Waals surface area contributed by atoms with Crippen molar-refractivity contribution in [3.8, 4) is 0 Å². The highest BCUT2D eigenvalue weighted by molar-refractivity contribution is 9.11. The Morgan fingerprint density at radius 2 is 1.42 bits per heavy atom. The summed E-state index contributed by atoms with van der Waals surface area (Å²) in [5.41, 5.74) is 3.66. The molecule has 0 amide bonds. The van der Waals surface area contributed by atoms with E-state index < -0.39 is 7.92 Å². The number of hydrogen-bond acceptors (Lipinski definition) is 1. The van der Waals surface area contributed by atoms with Gasteiger partial charge in [-0.2, -0.15) is 0 Å². The molecule has 5 rings (SSSR count). The van der Waals surface area contributed by atoms with Crippen molar-refractivity contribution in [2.24, 2.45) is 16.7 Å². The highest BCUT2D eigenvalue weighted by Crippen LogP contribution is 2.72. The van der Waals surface area contributed by atoms with E-state index in [0.717, 1.165) is 0 Å². The predicted octanol–water partition coefficient (Wildman–Crippen LogP) is 7.69. The van der Waals surface area contributed by atoms with Gasteiger partial charge in [-0.15, -0.1) is 11.3 Å². The molecule has 0 aliphatic heterocycles. The monoisotopic (exact) mass is 508 g/mol. The van der Waals surface area contributed by atoms with Crippen LogP contribution in [-0.4, -0.2) is 0 Å². The molecule has 1 heterocycles. The first-order valence-electron chi connectivity index (χ1n) is 11.2. The lowest BCUT2D eigenvalue weighted by atomic mass is 9.66. The van der Waals surface area contributed by atoms with E-state index in [9.17, 15) is 0 Å². The molecule has 2 atom stereocenters. The molecule has 1 aromatic heterocycles. The second kappa shape index (κ2) is 7.68. The van der Waals surface area contributed by atoms with Gasteiger partial charge in [-0.05, 0) is 67.5 Å². The van der Waals surface area contributed by atoms with Gasteiger partial charge in [0, 0.05) is 25.1 Å². The van der Waals surface area contributed by atoms with E-state index >= 15 is 0 Å². The van der Waals surface area contributed by atoms with Crippen LogP contribution >= 0.6 is 35.2 Å². The third-order valence-corrected chi connectivity index (χ3v) is 12.8. The molecule has 3 heteroatoms. The summed E-state index contributed by atoms with van der Waals surface area (Å²) >= 11 is 6.13. The van der Waals surface area contributed by atoms with Crippen LogP contribution in [0.25, 0.3) is 5.57 Å². The van der Waals surface area contributed by atoms with Crippen molar-refractivity contribution in [1.82, 2.24) is 0 Å². The number of hydrogen-bond donors (Lipinski definition) is 0. The van der Waals surface area contributed by atoms with E-state index in [1.165, 1.54) is 37.7 Å². The molecule has 2 aromatic carbocycles. The summed E-state index contributed by atoms with van der Waals surface area (Å²) in [5.74, 6) is 0.639. The number of aryl methyl sites for hydroxylation is 2. The third-order valence-electron chi connectivity index (χ3n) is 8.05. The van der Waals surface area contributed by atoms with Gasteiger partial charge in [0.2, 0.25) is 0 Å². The molecule has 0 N–H and O–H groups in total. The SMILES string of the molecule is Cc1sc(C)c(P(c2ccccc2)c2ccccc2)c1C1=C(Br)C2CC[C@]1(C)C2(C)C. The van der Waals surface area contributed by atoms with Gasteiger partial charge in [-0.25, -0.2) is 0 Å². The van der Waals surface area contributed by atoms with E-state index in [-0.39, 0.29) is 5.41 Å². The quantitative estimate of drug-likeness (QED) is 0.317. The Morgan fingerprint density at radius 3 is 1.90 bits per heavy atom. The van der Waals surface area contributed by atoms with Crippen LogP contribution in [-0.2, 0) is 0 Å². The Balaban J connectivity index is 1.79. The number of benzene rings is 2. The van der Waals surface area contributed by atoms with Gasteiger partial charge >= 0.3 is 0 Å². The lowest BCUT2D eigenvalue weighted by molar-refractivity contribution is 0.189. The standard InChI is InChI=1S/C28H30BrPS/c1-18-23(24-25(29)22-16-17-28(24,5)27(22,3)4)26(19(2)31-18)30(20-12-8-6-9-13-20)21-14-10-7-11-15-21/h6-15,22H,16-17H2,1-5H3/t22?,28-/m0/s1. The van der Waals surface area contributed by atoms with Gasteiger partial charge in [0.15, 0.2) is 0 Å². The van der Waals surface area contributed by atoms with Crippen LogP contribution < -0.4 is 15.9 Å². The van der Waals surface area contributed by atoms with Crippen LogP contribution in [0, 0.1) is 30.6 Å². The van der Waals surface area contributed by atoms with Gasteiger partial charge in [-0.3, -0.25) is 0 Å². The molecule has 1 fully saturated rings. The Kier molecular flexibility index (Phi) is 5.36. The zero-order valence-electron chi connectivity index (χ0n) is 19.0. The van der Waals surface area contributed by atoms with Crippen molar-refractivity contribution in [3.63, 3.8) is 0 Å². The average molecular weight is 509 g/mol. The lowest BCUT2D eigenvalue weighted by Gasteiger charge is -2.38. The summed E-state index contributed by atoms with van der Waals surface area (Å²) in [4.78, 5) is 2.95.